The zero-order valence-electron chi connectivity index (χ0n) is 13.3. The van der Waals surface area contributed by atoms with Gasteiger partial charge in [-0.2, -0.15) is 5.10 Å². The Morgan fingerprint density at radius 3 is 2.95 bits per heavy atom. The van der Waals surface area contributed by atoms with Crippen LogP contribution in [0.4, 0.5) is 0 Å². The molecule has 1 fully saturated rings. The molecule has 3 rings (SSSR count). The van der Waals surface area contributed by atoms with Gasteiger partial charge in [0.2, 0.25) is 0 Å². The van der Waals surface area contributed by atoms with Gasteiger partial charge in [-0.25, -0.2) is 4.68 Å². The van der Waals surface area contributed by atoms with Crippen molar-refractivity contribution in [1.82, 2.24) is 14.7 Å². The summed E-state index contributed by atoms with van der Waals surface area (Å²) in [5.74, 6) is 0. The molecule has 1 aromatic heterocycles. The molecule has 1 aliphatic rings. The van der Waals surface area contributed by atoms with E-state index in [9.17, 15) is 0 Å². The molecule has 0 aliphatic carbocycles. The fraction of sp³-hybridized carbons (Fsp3) is 0.471. The number of hydrogen-bond acceptors (Lipinski definition) is 4. The van der Waals surface area contributed by atoms with Gasteiger partial charge in [-0.15, -0.1) is 0 Å². The number of aromatic nitrogens is 2. The van der Waals surface area contributed by atoms with Crippen LogP contribution < -0.4 is 5.73 Å². The van der Waals surface area contributed by atoms with E-state index in [1.165, 1.54) is 22.4 Å². The van der Waals surface area contributed by atoms with Gasteiger partial charge >= 0.3 is 0 Å². The minimum absolute atomic E-state index is 0.146. The lowest BCUT2D eigenvalue weighted by molar-refractivity contribution is -0.0261. The molecule has 1 atom stereocenters. The maximum Gasteiger partial charge on any atom is 0.0824 e. The van der Waals surface area contributed by atoms with Crippen molar-refractivity contribution in [3.63, 3.8) is 0 Å². The van der Waals surface area contributed by atoms with Crippen LogP contribution in [0.2, 0.25) is 0 Å². The lowest BCUT2D eigenvalue weighted by Gasteiger charge is -2.33. The molecular formula is C17H24N4O. The summed E-state index contributed by atoms with van der Waals surface area (Å²) in [6.07, 6.45) is 3.97. The molecular weight excluding hydrogens is 276 g/mol. The van der Waals surface area contributed by atoms with Gasteiger partial charge in [0.25, 0.3) is 0 Å². The maximum absolute atomic E-state index is 5.75. The van der Waals surface area contributed by atoms with Gasteiger partial charge in [0, 0.05) is 38.6 Å². The van der Waals surface area contributed by atoms with E-state index in [4.69, 9.17) is 10.5 Å². The van der Waals surface area contributed by atoms with Crippen LogP contribution >= 0.6 is 0 Å². The molecule has 0 bridgehead atoms. The van der Waals surface area contributed by atoms with E-state index >= 15 is 0 Å². The molecule has 0 amide bonds. The number of ether oxygens (including phenoxy) is 1. The Bertz CT molecular complexity index is 624. The number of nitrogens with two attached hydrogens (primary N) is 1. The third-order valence-electron chi connectivity index (χ3n) is 4.21. The third kappa shape index (κ3) is 3.21. The summed E-state index contributed by atoms with van der Waals surface area (Å²) < 4.78 is 7.62. The molecule has 1 saturated heterocycles. The van der Waals surface area contributed by atoms with Crippen molar-refractivity contribution >= 4 is 0 Å². The largest absolute Gasteiger partial charge is 0.374 e. The number of benzene rings is 1. The van der Waals surface area contributed by atoms with Crippen LogP contribution in [0.5, 0.6) is 0 Å². The normalized spacial score (nSPS) is 19.5. The monoisotopic (exact) mass is 300 g/mol. The second-order valence-corrected chi connectivity index (χ2v) is 5.99. The van der Waals surface area contributed by atoms with Gasteiger partial charge in [-0.05, 0) is 42.7 Å². The Morgan fingerprint density at radius 2 is 2.23 bits per heavy atom. The minimum atomic E-state index is 0.146. The van der Waals surface area contributed by atoms with Crippen LogP contribution in [0.3, 0.4) is 0 Å². The van der Waals surface area contributed by atoms with Gasteiger partial charge in [0.05, 0.1) is 18.4 Å². The average Bonchev–Trinajstić information content (AvgIpc) is 3.04. The lowest BCUT2D eigenvalue weighted by Crippen LogP contribution is -2.45. The second kappa shape index (κ2) is 6.60. The molecule has 0 spiro atoms. The zero-order chi connectivity index (χ0) is 15.5. The Morgan fingerprint density at radius 1 is 1.36 bits per heavy atom. The van der Waals surface area contributed by atoms with Crippen molar-refractivity contribution in [3.05, 3.63) is 47.3 Å². The van der Waals surface area contributed by atoms with Crippen molar-refractivity contribution in [2.75, 3.05) is 26.2 Å². The predicted octanol–water partition coefficient (Wildman–Crippen LogP) is 1.65. The van der Waals surface area contributed by atoms with Gasteiger partial charge in [0.1, 0.15) is 0 Å². The lowest BCUT2D eigenvalue weighted by atomic mass is 10.0. The molecule has 22 heavy (non-hydrogen) atoms. The Labute approximate surface area is 131 Å². The molecule has 5 nitrogen and oxygen atoms in total. The minimum Gasteiger partial charge on any atom is -0.374 e. The van der Waals surface area contributed by atoms with Gasteiger partial charge in [-0.3, -0.25) is 4.90 Å². The molecule has 2 heterocycles. The van der Waals surface area contributed by atoms with Crippen molar-refractivity contribution in [3.8, 4) is 5.69 Å². The van der Waals surface area contributed by atoms with Crippen molar-refractivity contribution < 1.29 is 4.74 Å². The summed E-state index contributed by atoms with van der Waals surface area (Å²) in [6, 6.07) is 6.40. The topological polar surface area (TPSA) is 56.3 Å². The first-order valence-electron chi connectivity index (χ1n) is 7.81. The predicted molar refractivity (Wildman–Crippen MR) is 87.1 cm³/mol. The van der Waals surface area contributed by atoms with Crippen LogP contribution in [0, 0.1) is 13.8 Å². The van der Waals surface area contributed by atoms with E-state index in [0.29, 0.717) is 6.54 Å². The molecule has 118 valence electrons. The van der Waals surface area contributed by atoms with E-state index < -0.39 is 0 Å². The smallest absolute Gasteiger partial charge is 0.0824 e. The maximum atomic E-state index is 5.75. The quantitative estimate of drug-likeness (QED) is 0.933. The highest BCUT2D eigenvalue weighted by molar-refractivity contribution is 5.48. The zero-order valence-corrected chi connectivity index (χ0v) is 13.3. The Hall–Kier alpha value is -1.69. The molecule has 2 aromatic rings. The highest BCUT2D eigenvalue weighted by atomic mass is 16.5. The van der Waals surface area contributed by atoms with E-state index in [2.05, 4.69) is 36.0 Å². The third-order valence-corrected chi connectivity index (χ3v) is 4.21. The van der Waals surface area contributed by atoms with Gasteiger partial charge < -0.3 is 10.5 Å². The van der Waals surface area contributed by atoms with Gasteiger partial charge in [-0.1, -0.05) is 6.07 Å². The fourth-order valence-electron chi connectivity index (χ4n) is 3.09. The van der Waals surface area contributed by atoms with Crippen molar-refractivity contribution in [2.24, 2.45) is 5.73 Å². The van der Waals surface area contributed by atoms with E-state index in [1.54, 1.807) is 0 Å². The van der Waals surface area contributed by atoms with Crippen LogP contribution in [0.1, 0.15) is 16.7 Å². The highest BCUT2D eigenvalue weighted by Gasteiger charge is 2.21. The first-order chi connectivity index (χ1) is 10.7. The van der Waals surface area contributed by atoms with Crippen LogP contribution in [0.25, 0.3) is 5.69 Å². The van der Waals surface area contributed by atoms with E-state index in [-0.39, 0.29) is 6.10 Å². The summed E-state index contributed by atoms with van der Waals surface area (Å²) in [6.45, 7) is 8.38. The van der Waals surface area contributed by atoms with E-state index in [1.807, 2.05) is 23.1 Å². The first-order valence-corrected chi connectivity index (χ1v) is 7.81. The van der Waals surface area contributed by atoms with Crippen molar-refractivity contribution in [1.29, 1.82) is 0 Å². The van der Waals surface area contributed by atoms with Crippen molar-refractivity contribution in [2.45, 2.75) is 26.5 Å². The van der Waals surface area contributed by atoms with E-state index in [0.717, 1.165) is 26.2 Å². The standard InChI is InChI=1S/C17H24N4O/c1-13-8-14(2)16(17(9-13)21-5-3-4-19-21)12-20-6-7-22-15(10-18)11-20/h3-5,8-9,15H,6-7,10-12,18H2,1-2H3/t15-/m0/s1. The summed E-state index contributed by atoms with van der Waals surface area (Å²) in [4.78, 5) is 2.42. The second-order valence-electron chi connectivity index (χ2n) is 5.99. The molecule has 0 saturated carbocycles. The molecule has 1 aromatic carbocycles. The molecule has 5 heteroatoms. The number of nitrogens with zero attached hydrogens (tertiary/aromatic N) is 3. The molecule has 0 unspecified atom stereocenters. The highest BCUT2D eigenvalue weighted by Crippen LogP contribution is 2.23. The number of hydrogen-bond donors (Lipinski definition) is 1. The molecule has 0 radical (unpaired) electrons. The number of aryl methyl sites for hydroxylation is 2. The fourth-order valence-corrected chi connectivity index (χ4v) is 3.09. The summed E-state index contributed by atoms with van der Waals surface area (Å²) in [5.41, 5.74) is 10.8. The van der Waals surface area contributed by atoms with Crippen LogP contribution in [0.15, 0.2) is 30.6 Å². The number of rotatable bonds is 4. The Kier molecular flexibility index (Phi) is 4.57. The molecule has 1 aliphatic heterocycles. The number of morpholine rings is 1. The summed E-state index contributed by atoms with van der Waals surface area (Å²) >= 11 is 0. The SMILES string of the molecule is Cc1cc(C)c(CN2CCO[C@@H](CN)C2)c(-n2cccn2)c1. The first kappa shape index (κ1) is 15.2. The van der Waals surface area contributed by atoms with Crippen LogP contribution in [-0.2, 0) is 11.3 Å². The average molecular weight is 300 g/mol. The summed E-state index contributed by atoms with van der Waals surface area (Å²) in [5, 5.41) is 4.41. The Balaban J connectivity index is 1.89. The van der Waals surface area contributed by atoms with Gasteiger partial charge in [0.15, 0.2) is 0 Å². The van der Waals surface area contributed by atoms with Crippen LogP contribution in [-0.4, -0.2) is 47.0 Å². The molecule has 2 N–H and O–H groups in total. The summed E-state index contributed by atoms with van der Waals surface area (Å²) in [7, 11) is 0.